The summed E-state index contributed by atoms with van der Waals surface area (Å²) < 4.78 is 11.4. The Morgan fingerprint density at radius 3 is 2.25 bits per heavy atom. The summed E-state index contributed by atoms with van der Waals surface area (Å²) in [4.78, 5) is 0. The molecule has 1 unspecified atom stereocenters. The Labute approximate surface area is 55.9 Å². The molecule has 0 saturated heterocycles. The summed E-state index contributed by atoms with van der Waals surface area (Å²) in [5.74, 6) is 0. The SMILES string of the molecule is CCC(N)CCF.Cl. The van der Waals surface area contributed by atoms with E-state index in [2.05, 4.69) is 0 Å². The Bertz CT molecular complexity index is 43.4. The predicted molar refractivity (Wildman–Crippen MR) is 36.1 cm³/mol. The molecule has 8 heavy (non-hydrogen) atoms. The Morgan fingerprint density at radius 2 is 2.12 bits per heavy atom. The molecule has 0 aromatic rings. The van der Waals surface area contributed by atoms with Crippen LogP contribution >= 0.6 is 12.4 Å². The van der Waals surface area contributed by atoms with E-state index in [0.29, 0.717) is 6.42 Å². The zero-order valence-electron chi connectivity index (χ0n) is 5.06. The van der Waals surface area contributed by atoms with Crippen molar-refractivity contribution in [3.8, 4) is 0 Å². The maximum Gasteiger partial charge on any atom is 0.0909 e. The third kappa shape index (κ3) is 6.18. The lowest BCUT2D eigenvalue weighted by Crippen LogP contribution is -2.18. The molecule has 0 spiro atoms. The second kappa shape index (κ2) is 7.18. The molecule has 3 heteroatoms. The highest BCUT2D eigenvalue weighted by atomic mass is 35.5. The van der Waals surface area contributed by atoms with E-state index >= 15 is 0 Å². The Kier molecular flexibility index (Phi) is 9.91. The van der Waals surface area contributed by atoms with Gasteiger partial charge in [0.1, 0.15) is 0 Å². The fourth-order valence-corrected chi connectivity index (χ4v) is 0.344. The Hall–Kier alpha value is 0.180. The largest absolute Gasteiger partial charge is 0.328 e. The highest BCUT2D eigenvalue weighted by molar-refractivity contribution is 5.85. The fourth-order valence-electron chi connectivity index (χ4n) is 0.344. The van der Waals surface area contributed by atoms with Crippen molar-refractivity contribution in [1.29, 1.82) is 0 Å². The van der Waals surface area contributed by atoms with Gasteiger partial charge in [-0.05, 0) is 12.8 Å². The molecule has 0 saturated carbocycles. The number of alkyl halides is 1. The third-order valence-electron chi connectivity index (χ3n) is 1.00. The van der Waals surface area contributed by atoms with Crippen molar-refractivity contribution in [1.82, 2.24) is 0 Å². The van der Waals surface area contributed by atoms with Crippen LogP contribution in [0.3, 0.4) is 0 Å². The van der Waals surface area contributed by atoms with Crippen LogP contribution in [0, 0.1) is 0 Å². The predicted octanol–water partition coefficient (Wildman–Crippen LogP) is 1.51. The molecule has 0 aliphatic heterocycles. The molecule has 0 amide bonds. The van der Waals surface area contributed by atoms with Gasteiger partial charge in [0.25, 0.3) is 0 Å². The summed E-state index contributed by atoms with van der Waals surface area (Å²) in [5, 5.41) is 0. The first-order chi connectivity index (χ1) is 3.31. The van der Waals surface area contributed by atoms with Crippen LogP contribution in [0.1, 0.15) is 19.8 Å². The maximum absolute atomic E-state index is 11.4. The minimum Gasteiger partial charge on any atom is -0.328 e. The topological polar surface area (TPSA) is 26.0 Å². The second-order valence-corrected chi connectivity index (χ2v) is 1.65. The Morgan fingerprint density at radius 1 is 1.62 bits per heavy atom. The average molecular weight is 142 g/mol. The summed E-state index contributed by atoms with van der Waals surface area (Å²) in [6, 6.07) is 0.0741. The molecular formula is C5H13ClFN. The van der Waals surface area contributed by atoms with Crippen molar-refractivity contribution >= 4 is 12.4 Å². The van der Waals surface area contributed by atoms with Crippen LogP contribution < -0.4 is 5.73 Å². The summed E-state index contributed by atoms with van der Waals surface area (Å²) in [5.41, 5.74) is 5.34. The molecule has 52 valence electrons. The third-order valence-corrected chi connectivity index (χ3v) is 1.00. The summed E-state index contributed by atoms with van der Waals surface area (Å²) in [6.07, 6.45) is 1.39. The molecule has 0 aromatic heterocycles. The van der Waals surface area contributed by atoms with E-state index in [-0.39, 0.29) is 25.1 Å². The molecule has 0 bridgehead atoms. The zero-order chi connectivity index (χ0) is 5.70. The van der Waals surface area contributed by atoms with E-state index in [4.69, 9.17) is 5.73 Å². The van der Waals surface area contributed by atoms with E-state index in [0.717, 1.165) is 6.42 Å². The lowest BCUT2D eigenvalue weighted by molar-refractivity contribution is 0.432. The van der Waals surface area contributed by atoms with Crippen LogP contribution in [0.15, 0.2) is 0 Å². The van der Waals surface area contributed by atoms with E-state index in [1.54, 1.807) is 0 Å². The molecule has 0 rings (SSSR count). The first kappa shape index (κ1) is 11.0. The number of hydrogen-bond acceptors (Lipinski definition) is 1. The number of hydrogen-bond donors (Lipinski definition) is 1. The molecular weight excluding hydrogens is 129 g/mol. The van der Waals surface area contributed by atoms with Crippen LogP contribution in [0.25, 0.3) is 0 Å². The van der Waals surface area contributed by atoms with Crippen LogP contribution in [0.4, 0.5) is 4.39 Å². The number of rotatable bonds is 3. The quantitative estimate of drug-likeness (QED) is 0.634. The summed E-state index contributed by atoms with van der Waals surface area (Å²) in [7, 11) is 0. The summed E-state index contributed by atoms with van der Waals surface area (Å²) >= 11 is 0. The van der Waals surface area contributed by atoms with Crippen molar-refractivity contribution in [2.75, 3.05) is 6.67 Å². The highest BCUT2D eigenvalue weighted by Gasteiger charge is 1.94. The monoisotopic (exact) mass is 141 g/mol. The van der Waals surface area contributed by atoms with Crippen molar-refractivity contribution in [2.45, 2.75) is 25.8 Å². The first-order valence-corrected chi connectivity index (χ1v) is 2.62. The van der Waals surface area contributed by atoms with Crippen LogP contribution in [0.5, 0.6) is 0 Å². The molecule has 1 nitrogen and oxygen atoms in total. The molecule has 0 aromatic carbocycles. The van der Waals surface area contributed by atoms with Gasteiger partial charge in [-0.2, -0.15) is 0 Å². The van der Waals surface area contributed by atoms with Gasteiger partial charge in [0.2, 0.25) is 0 Å². The van der Waals surface area contributed by atoms with Crippen molar-refractivity contribution in [3.63, 3.8) is 0 Å². The van der Waals surface area contributed by atoms with Crippen molar-refractivity contribution in [3.05, 3.63) is 0 Å². The van der Waals surface area contributed by atoms with Crippen LogP contribution in [-0.2, 0) is 0 Å². The number of halogens is 2. The second-order valence-electron chi connectivity index (χ2n) is 1.65. The minimum atomic E-state index is -0.283. The van der Waals surface area contributed by atoms with Gasteiger partial charge in [0.05, 0.1) is 6.67 Å². The number of nitrogens with two attached hydrogens (primary N) is 1. The van der Waals surface area contributed by atoms with Crippen molar-refractivity contribution < 1.29 is 4.39 Å². The molecule has 2 N–H and O–H groups in total. The fraction of sp³-hybridized carbons (Fsp3) is 1.00. The highest BCUT2D eigenvalue weighted by Crippen LogP contribution is 1.91. The zero-order valence-corrected chi connectivity index (χ0v) is 5.88. The van der Waals surface area contributed by atoms with Crippen LogP contribution in [-0.4, -0.2) is 12.7 Å². The minimum absolute atomic E-state index is 0. The average Bonchev–Trinajstić information content (AvgIpc) is 1.68. The van der Waals surface area contributed by atoms with Gasteiger partial charge in [0.15, 0.2) is 0 Å². The van der Waals surface area contributed by atoms with Gasteiger partial charge < -0.3 is 5.73 Å². The smallest absolute Gasteiger partial charge is 0.0909 e. The molecule has 0 aliphatic carbocycles. The van der Waals surface area contributed by atoms with Gasteiger partial charge in [-0.25, -0.2) is 0 Å². The van der Waals surface area contributed by atoms with Crippen molar-refractivity contribution in [2.24, 2.45) is 5.73 Å². The molecule has 0 fully saturated rings. The Balaban J connectivity index is 0. The standard InChI is InChI=1S/C5H12FN.ClH/c1-2-5(7)3-4-6;/h5H,2-4,7H2,1H3;1H. The van der Waals surface area contributed by atoms with Crippen LogP contribution in [0.2, 0.25) is 0 Å². The van der Waals surface area contributed by atoms with E-state index < -0.39 is 0 Å². The molecule has 0 aliphatic rings. The first-order valence-electron chi connectivity index (χ1n) is 2.62. The van der Waals surface area contributed by atoms with Gasteiger partial charge >= 0.3 is 0 Å². The van der Waals surface area contributed by atoms with Gasteiger partial charge in [0, 0.05) is 6.04 Å². The van der Waals surface area contributed by atoms with Gasteiger partial charge in [-0.3, -0.25) is 4.39 Å². The molecule has 1 atom stereocenters. The van der Waals surface area contributed by atoms with Gasteiger partial charge in [-0.1, -0.05) is 6.92 Å². The summed E-state index contributed by atoms with van der Waals surface area (Å²) in [6.45, 7) is 1.68. The molecule has 0 radical (unpaired) electrons. The molecule has 0 heterocycles. The van der Waals surface area contributed by atoms with E-state index in [1.807, 2.05) is 6.92 Å². The van der Waals surface area contributed by atoms with Gasteiger partial charge in [-0.15, -0.1) is 12.4 Å². The normalized spacial score (nSPS) is 12.4. The maximum atomic E-state index is 11.4. The lowest BCUT2D eigenvalue weighted by Gasteiger charge is -2.01. The van der Waals surface area contributed by atoms with E-state index in [1.165, 1.54) is 0 Å². The van der Waals surface area contributed by atoms with E-state index in [9.17, 15) is 4.39 Å². The lowest BCUT2D eigenvalue weighted by atomic mass is 10.2.